The number of esters is 1. The lowest BCUT2D eigenvalue weighted by Gasteiger charge is -2.14. The smallest absolute Gasteiger partial charge is 0.343 e. The summed E-state index contributed by atoms with van der Waals surface area (Å²) in [6, 6.07) is 5.44. The second-order valence-corrected chi connectivity index (χ2v) is 3.19. The van der Waals surface area contributed by atoms with Crippen molar-refractivity contribution in [1.82, 2.24) is 0 Å². The van der Waals surface area contributed by atoms with Crippen molar-refractivity contribution in [2.24, 2.45) is 0 Å². The van der Waals surface area contributed by atoms with Gasteiger partial charge in [-0.15, -0.1) is 0 Å². The molecule has 0 heterocycles. The van der Waals surface area contributed by atoms with Crippen LogP contribution in [0, 0.1) is 0 Å². The summed E-state index contributed by atoms with van der Waals surface area (Å²) in [5.41, 5.74) is 0.126. The second-order valence-electron chi connectivity index (χ2n) is 3.19. The zero-order valence-electron chi connectivity index (χ0n) is 8.76. The van der Waals surface area contributed by atoms with Crippen LogP contribution in [0.15, 0.2) is 24.3 Å². The molecule has 0 saturated carbocycles. The van der Waals surface area contributed by atoms with Crippen LogP contribution in [0.5, 0.6) is 5.75 Å². The minimum absolute atomic E-state index is 0.0476. The highest BCUT2D eigenvalue weighted by Gasteiger charge is 2.29. The Kier molecular flexibility index (Phi) is 4.25. The number of carbonyl (C=O) groups excluding carboxylic acids is 1. The normalized spacial score (nSPS) is 14.2. The van der Waals surface area contributed by atoms with E-state index in [1.807, 2.05) is 0 Å². The van der Waals surface area contributed by atoms with E-state index < -0.39 is 18.2 Å². The van der Waals surface area contributed by atoms with Crippen LogP contribution in [0.3, 0.4) is 0 Å². The number of phenols is 1. The number of alkyl halides is 1. The van der Waals surface area contributed by atoms with Gasteiger partial charge in [0.1, 0.15) is 11.9 Å². The minimum Gasteiger partial charge on any atom is -0.508 e. The number of rotatable bonds is 4. The molecule has 0 aliphatic heterocycles. The van der Waals surface area contributed by atoms with Crippen LogP contribution in [-0.2, 0) is 9.53 Å². The van der Waals surface area contributed by atoms with Crippen LogP contribution in [0.2, 0.25) is 0 Å². The first-order valence-corrected chi connectivity index (χ1v) is 4.84. The molecule has 0 radical (unpaired) electrons. The highest BCUT2D eigenvalue weighted by atomic mass is 19.1. The predicted octanol–water partition coefficient (Wildman–Crippen LogP) is 1.33. The molecule has 0 spiro atoms. The molecular weight excluding hydrogens is 215 g/mol. The van der Waals surface area contributed by atoms with Gasteiger partial charge in [-0.3, -0.25) is 0 Å². The fourth-order valence-electron chi connectivity index (χ4n) is 1.23. The molecule has 16 heavy (non-hydrogen) atoms. The molecule has 88 valence electrons. The van der Waals surface area contributed by atoms with Gasteiger partial charge in [0.05, 0.1) is 6.61 Å². The largest absolute Gasteiger partial charge is 0.508 e. The van der Waals surface area contributed by atoms with Crippen LogP contribution >= 0.6 is 0 Å². The lowest BCUT2D eigenvalue weighted by Crippen LogP contribution is -2.26. The van der Waals surface area contributed by atoms with Crippen molar-refractivity contribution in [2.75, 3.05) is 6.61 Å². The minimum atomic E-state index is -2.15. The van der Waals surface area contributed by atoms with Gasteiger partial charge < -0.3 is 14.9 Å². The van der Waals surface area contributed by atoms with E-state index in [-0.39, 0.29) is 17.9 Å². The second kappa shape index (κ2) is 5.46. The van der Waals surface area contributed by atoms with Crippen molar-refractivity contribution in [3.63, 3.8) is 0 Å². The topological polar surface area (TPSA) is 66.8 Å². The van der Waals surface area contributed by atoms with Gasteiger partial charge in [-0.25, -0.2) is 9.18 Å². The first-order valence-electron chi connectivity index (χ1n) is 4.84. The first-order chi connectivity index (χ1) is 7.56. The number of benzene rings is 1. The Labute approximate surface area is 92.3 Å². The third kappa shape index (κ3) is 2.93. The molecule has 1 aromatic carbocycles. The maximum Gasteiger partial charge on any atom is 0.343 e. The number of ether oxygens (including phenoxy) is 1. The van der Waals surface area contributed by atoms with E-state index in [2.05, 4.69) is 4.74 Å². The fourth-order valence-corrected chi connectivity index (χ4v) is 1.23. The maximum atomic E-state index is 13.4. The molecule has 0 fully saturated rings. The number of carbonyl (C=O) groups is 1. The van der Waals surface area contributed by atoms with Crippen molar-refractivity contribution < 1.29 is 24.1 Å². The maximum absolute atomic E-state index is 13.4. The number of hydrogen-bond donors (Lipinski definition) is 2. The van der Waals surface area contributed by atoms with Gasteiger partial charge >= 0.3 is 5.97 Å². The van der Waals surface area contributed by atoms with Crippen LogP contribution in [0.25, 0.3) is 0 Å². The van der Waals surface area contributed by atoms with E-state index in [0.29, 0.717) is 0 Å². The Morgan fingerprint density at radius 2 is 2.25 bits per heavy atom. The average molecular weight is 228 g/mol. The molecule has 5 heteroatoms. The molecule has 1 rings (SSSR count). The van der Waals surface area contributed by atoms with E-state index in [1.165, 1.54) is 24.3 Å². The van der Waals surface area contributed by atoms with Crippen molar-refractivity contribution in [3.8, 4) is 5.75 Å². The molecule has 0 amide bonds. The number of hydrogen-bond acceptors (Lipinski definition) is 4. The number of aliphatic hydroxyl groups excluding tert-OH is 1. The lowest BCUT2D eigenvalue weighted by atomic mass is 10.1. The van der Waals surface area contributed by atoms with E-state index >= 15 is 0 Å². The van der Waals surface area contributed by atoms with E-state index in [1.54, 1.807) is 6.92 Å². The standard InChI is InChI=1S/C11H13FO4/c1-2-16-11(15)9(12)10(14)7-4-3-5-8(13)6-7/h3-6,9-10,13-14H,2H2,1H3/t9?,10-/m1/s1. The third-order valence-electron chi connectivity index (χ3n) is 2.00. The SMILES string of the molecule is CCOC(=O)C(F)[C@H](O)c1cccc(O)c1. The summed E-state index contributed by atoms with van der Waals surface area (Å²) in [7, 11) is 0. The molecule has 0 aliphatic rings. The molecule has 0 aromatic heterocycles. The van der Waals surface area contributed by atoms with E-state index in [4.69, 9.17) is 5.11 Å². The van der Waals surface area contributed by atoms with Gasteiger partial charge in [0, 0.05) is 0 Å². The molecule has 0 saturated heterocycles. The summed E-state index contributed by atoms with van der Waals surface area (Å²) in [6.45, 7) is 1.59. The van der Waals surface area contributed by atoms with Gasteiger partial charge in [0.15, 0.2) is 0 Å². The lowest BCUT2D eigenvalue weighted by molar-refractivity contribution is -0.153. The molecule has 2 atom stereocenters. The fraction of sp³-hybridized carbons (Fsp3) is 0.364. The first kappa shape index (κ1) is 12.4. The van der Waals surface area contributed by atoms with Gasteiger partial charge in [0.25, 0.3) is 0 Å². The number of aliphatic hydroxyl groups is 1. The average Bonchev–Trinajstić information content (AvgIpc) is 2.27. The van der Waals surface area contributed by atoms with E-state index in [0.717, 1.165) is 0 Å². The van der Waals surface area contributed by atoms with Gasteiger partial charge in [0.2, 0.25) is 6.17 Å². The Hall–Kier alpha value is -1.62. The summed E-state index contributed by atoms with van der Waals surface area (Å²) in [5.74, 6) is -1.22. The van der Waals surface area contributed by atoms with Crippen LogP contribution in [-0.4, -0.2) is 29.0 Å². The molecule has 2 N–H and O–H groups in total. The molecule has 0 bridgehead atoms. The highest BCUT2D eigenvalue weighted by molar-refractivity contribution is 5.75. The molecule has 1 aromatic rings. The number of halogens is 1. The summed E-state index contributed by atoms with van der Waals surface area (Å²) in [5, 5.41) is 18.7. The van der Waals surface area contributed by atoms with Crippen molar-refractivity contribution in [3.05, 3.63) is 29.8 Å². The van der Waals surface area contributed by atoms with Crippen molar-refractivity contribution >= 4 is 5.97 Å². The van der Waals surface area contributed by atoms with Gasteiger partial charge in [-0.05, 0) is 24.6 Å². The quantitative estimate of drug-likeness (QED) is 0.763. The Morgan fingerprint density at radius 3 is 2.81 bits per heavy atom. The zero-order valence-corrected chi connectivity index (χ0v) is 8.76. The summed E-state index contributed by atoms with van der Waals surface area (Å²) >= 11 is 0. The Balaban J connectivity index is 2.77. The summed E-state index contributed by atoms with van der Waals surface area (Å²) < 4.78 is 17.8. The molecule has 1 unspecified atom stereocenters. The summed E-state index contributed by atoms with van der Waals surface area (Å²) in [4.78, 5) is 11.0. The van der Waals surface area contributed by atoms with Crippen LogP contribution in [0.1, 0.15) is 18.6 Å². The van der Waals surface area contributed by atoms with Crippen LogP contribution in [0.4, 0.5) is 4.39 Å². The zero-order chi connectivity index (χ0) is 12.1. The summed E-state index contributed by atoms with van der Waals surface area (Å²) in [6.07, 6.45) is -3.78. The monoisotopic (exact) mass is 228 g/mol. The van der Waals surface area contributed by atoms with Crippen molar-refractivity contribution in [1.29, 1.82) is 0 Å². The molecule has 0 aliphatic carbocycles. The highest BCUT2D eigenvalue weighted by Crippen LogP contribution is 2.23. The molecule has 4 nitrogen and oxygen atoms in total. The third-order valence-corrected chi connectivity index (χ3v) is 2.00. The van der Waals surface area contributed by atoms with Gasteiger partial charge in [-0.1, -0.05) is 12.1 Å². The van der Waals surface area contributed by atoms with Gasteiger partial charge in [-0.2, -0.15) is 0 Å². The Morgan fingerprint density at radius 1 is 1.56 bits per heavy atom. The number of phenolic OH excluding ortho intramolecular Hbond substituents is 1. The Bertz CT molecular complexity index is 367. The predicted molar refractivity (Wildman–Crippen MR) is 54.6 cm³/mol. The van der Waals surface area contributed by atoms with Crippen LogP contribution < -0.4 is 0 Å². The number of aromatic hydroxyl groups is 1. The van der Waals surface area contributed by atoms with E-state index in [9.17, 15) is 14.3 Å². The van der Waals surface area contributed by atoms with Crippen molar-refractivity contribution in [2.45, 2.75) is 19.2 Å². The molecular formula is C11H13FO4.